The number of fused-ring (bicyclic) bond motifs is 1. The molecule has 192 valence electrons. The first-order chi connectivity index (χ1) is 17.0. The maximum Gasteiger partial charge on any atom is 0.416 e. The highest BCUT2D eigenvalue weighted by atomic mass is 19.4. The molecule has 36 heavy (non-hydrogen) atoms. The number of benzene rings is 2. The van der Waals surface area contributed by atoms with Gasteiger partial charge in [0.25, 0.3) is 0 Å². The summed E-state index contributed by atoms with van der Waals surface area (Å²) in [7, 11) is 0. The van der Waals surface area contributed by atoms with Crippen LogP contribution in [0, 0.1) is 12.7 Å². The van der Waals surface area contributed by atoms with Gasteiger partial charge in [0.1, 0.15) is 11.4 Å². The molecule has 0 radical (unpaired) electrons. The van der Waals surface area contributed by atoms with Gasteiger partial charge in [0.15, 0.2) is 0 Å². The molecule has 0 saturated heterocycles. The molecule has 0 saturated carbocycles. The Labute approximate surface area is 207 Å². The molecule has 2 atom stereocenters. The van der Waals surface area contributed by atoms with Crippen LogP contribution in [0.5, 0.6) is 0 Å². The van der Waals surface area contributed by atoms with Gasteiger partial charge in [-0.05, 0) is 62.9 Å². The number of amides is 1. The second-order valence-electron chi connectivity index (χ2n) is 9.37. The number of primary amides is 1. The third-order valence-corrected chi connectivity index (χ3v) is 7.33. The number of carbonyl (C=O) groups is 1. The lowest BCUT2D eigenvalue weighted by atomic mass is 9.82. The summed E-state index contributed by atoms with van der Waals surface area (Å²) in [6.07, 6.45) is -3.59. The van der Waals surface area contributed by atoms with E-state index in [9.17, 15) is 22.4 Å². The fraction of sp³-hybridized carbons (Fsp3) is 0.407. The van der Waals surface area contributed by atoms with Crippen molar-refractivity contribution in [3.05, 3.63) is 88.0 Å². The van der Waals surface area contributed by atoms with Crippen LogP contribution in [0.3, 0.4) is 0 Å². The first-order valence-corrected chi connectivity index (χ1v) is 12.0. The highest BCUT2D eigenvalue weighted by Gasteiger charge is 2.46. The summed E-state index contributed by atoms with van der Waals surface area (Å²) in [6, 6.07) is 11.3. The Hall–Kier alpha value is -3.20. The molecule has 3 aromatic rings. The van der Waals surface area contributed by atoms with Crippen LogP contribution in [0.25, 0.3) is 0 Å². The van der Waals surface area contributed by atoms with E-state index in [0.717, 1.165) is 40.7 Å². The predicted octanol–water partition coefficient (Wildman–Crippen LogP) is 5.30. The summed E-state index contributed by atoms with van der Waals surface area (Å²) in [5.74, 6) is -1.22. The molecule has 0 spiro atoms. The molecule has 0 bridgehead atoms. The summed E-state index contributed by atoms with van der Waals surface area (Å²) in [6.45, 7) is 6.80. The number of aryl methyl sites for hydroxylation is 3. The molecule has 5 nitrogen and oxygen atoms in total. The first kappa shape index (κ1) is 25.9. The van der Waals surface area contributed by atoms with Crippen LogP contribution in [0.2, 0.25) is 0 Å². The second-order valence-corrected chi connectivity index (χ2v) is 9.37. The molecule has 2 heterocycles. The van der Waals surface area contributed by atoms with Gasteiger partial charge in [-0.25, -0.2) is 4.39 Å². The molecular weight excluding hydrogens is 472 g/mol. The van der Waals surface area contributed by atoms with E-state index < -0.39 is 35.0 Å². The van der Waals surface area contributed by atoms with Gasteiger partial charge in [-0.2, -0.15) is 18.3 Å². The molecule has 2 unspecified atom stereocenters. The van der Waals surface area contributed by atoms with E-state index in [0.29, 0.717) is 19.5 Å². The molecule has 9 heteroatoms. The smallest absolute Gasteiger partial charge is 0.368 e. The van der Waals surface area contributed by atoms with E-state index in [1.165, 1.54) is 0 Å². The standard InChI is InChI=1S/C27H30F4N4O/c1-4-35-23-14-15-34(26(3,25(32)36)19-8-6-5-7-9-19)22(24(23)17(2)33-35)13-10-18-16-20(27(29,30)31)11-12-21(18)28/h5-9,11-12,16,22H,4,10,13-15H2,1-3H3,(H2,32,36). The number of alkyl halides is 3. The Bertz CT molecular complexity index is 1250. The van der Waals surface area contributed by atoms with Crippen LogP contribution in [-0.2, 0) is 35.9 Å². The van der Waals surface area contributed by atoms with Gasteiger partial charge in [0.2, 0.25) is 5.91 Å². The van der Waals surface area contributed by atoms with Gasteiger partial charge >= 0.3 is 6.18 Å². The Morgan fingerprint density at radius 2 is 1.83 bits per heavy atom. The molecular formula is C27H30F4N4O. The molecule has 1 aliphatic heterocycles. The van der Waals surface area contributed by atoms with E-state index in [-0.39, 0.29) is 18.4 Å². The van der Waals surface area contributed by atoms with E-state index in [2.05, 4.69) is 5.10 Å². The average Bonchev–Trinajstić information content (AvgIpc) is 3.18. The summed E-state index contributed by atoms with van der Waals surface area (Å²) >= 11 is 0. The third kappa shape index (κ3) is 4.52. The quantitative estimate of drug-likeness (QED) is 0.446. The molecule has 1 amide bonds. The number of aromatic nitrogens is 2. The Balaban J connectivity index is 1.79. The number of hydrogen-bond donors (Lipinski definition) is 1. The van der Waals surface area contributed by atoms with E-state index >= 15 is 0 Å². The number of halogens is 4. The van der Waals surface area contributed by atoms with Crippen LogP contribution in [0.1, 0.15) is 60.0 Å². The number of hydrogen-bond acceptors (Lipinski definition) is 3. The topological polar surface area (TPSA) is 64.2 Å². The van der Waals surface area contributed by atoms with Gasteiger partial charge in [-0.3, -0.25) is 14.4 Å². The fourth-order valence-corrected chi connectivity index (χ4v) is 5.42. The molecule has 2 aromatic carbocycles. The highest BCUT2D eigenvalue weighted by Crippen LogP contribution is 2.43. The lowest BCUT2D eigenvalue weighted by Gasteiger charge is -2.47. The Kier molecular flexibility index (Phi) is 6.96. The fourth-order valence-electron chi connectivity index (χ4n) is 5.42. The SMILES string of the molecule is CCn1nc(C)c2c1CCN(C(C)(C(N)=O)c1ccccc1)C2CCc1cc(C(F)(F)F)ccc1F. The number of nitrogens with two attached hydrogens (primary N) is 1. The largest absolute Gasteiger partial charge is 0.416 e. The third-order valence-electron chi connectivity index (χ3n) is 7.33. The summed E-state index contributed by atoms with van der Waals surface area (Å²) < 4.78 is 56.4. The van der Waals surface area contributed by atoms with Crippen molar-refractivity contribution in [3.63, 3.8) is 0 Å². The minimum atomic E-state index is -4.57. The zero-order chi connectivity index (χ0) is 26.3. The molecule has 0 aliphatic carbocycles. The summed E-state index contributed by atoms with van der Waals surface area (Å²) in [5, 5.41) is 4.67. The molecule has 1 aromatic heterocycles. The van der Waals surface area contributed by atoms with Crippen LogP contribution in [0.15, 0.2) is 48.5 Å². The predicted molar refractivity (Wildman–Crippen MR) is 129 cm³/mol. The van der Waals surface area contributed by atoms with Crippen LogP contribution >= 0.6 is 0 Å². The van der Waals surface area contributed by atoms with Crippen molar-refractivity contribution in [2.24, 2.45) is 5.73 Å². The van der Waals surface area contributed by atoms with Crippen molar-refractivity contribution in [3.8, 4) is 0 Å². The van der Waals surface area contributed by atoms with Gasteiger partial charge in [-0.15, -0.1) is 0 Å². The van der Waals surface area contributed by atoms with Gasteiger partial charge in [0, 0.05) is 36.8 Å². The van der Waals surface area contributed by atoms with E-state index in [1.807, 2.05) is 53.8 Å². The number of carbonyl (C=O) groups excluding carboxylic acids is 1. The summed E-state index contributed by atoms with van der Waals surface area (Å²) in [4.78, 5) is 15.0. The highest BCUT2D eigenvalue weighted by molar-refractivity contribution is 5.86. The maximum atomic E-state index is 14.6. The van der Waals surface area contributed by atoms with Gasteiger partial charge < -0.3 is 5.73 Å². The first-order valence-electron chi connectivity index (χ1n) is 12.0. The van der Waals surface area contributed by atoms with Crippen LogP contribution in [-0.4, -0.2) is 27.1 Å². The van der Waals surface area contributed by atoms with Crippen molar-refractivity contribution in [1.29, 1.82) is 0 Å². The lowest BCUT2D eigenvalue weighted by molar-refractivity contribution is -0.137. The monoisotopic (exact) mass is 502 g/mol. The van der Waals surface area contributed by atoms with Gasteiger partial charge in [-0.1, -0.05) is 30.3 Å². The van der Waals surface area contributed by atoms with E-state index in [1.54, 1.807) is 6.92 Å². The minimum Gasteiger partial charge on any atom is -0.368 e. The van der Waals surface area contributed by atoms with Crippen molar-refractivity contribution < 1.29 is 22.4 Å². The lowest BCUT2D eigenvalue weighted by Crippen LogP contribution is -2.56. The maximum absolute atomic E-state index is 14.6. The summed E-state index contributed by atoms with van der Waals surface area (Å²) in [5.41, 5.74) is 7.37. The zero-order valence-electron chi connectivity index (χ0n) is 20.6. The van der Waals surface area contributed by atoms with E-state index in [4.69, 9.17) is 5.73 Å². The number of nitrogens with zero attached hydrogens (tertiary/aromatic N) is 3. The second kappa shape index (κ2) is 9.69. The van der Waals surface area contributed by atoms with Gasteiger partial charge in [0.05, 0.1) is 11.3 Å². The molecule has 0 fully saturated rings. The Morgan fingerprint density at radius 1 is 1.14 bits per heavy atom. The van der Waals surface area contributed by atoms with Crippen molar-refractivity contribution in [2.75, 3.05) is 6.54 Å². The van der Waals surface area contributed by atoms with Crippen molar-refractivity contribution in [1.82, 2.24) is 14.7 Å². The molecule has 1 aliphatic rings. The number of rotatable bonds is 7. The average molecular weight is 503 g/mol. The minimum absolute atomic E-state index is 0.0158. The zero-order valence-corrected chi connectivity index (χ0v) is 20.6. The Morgan fingerprint density at radius 3 is 2.44 bits per heavy atom. The molecule has 4 rings (SSSR count). The molecule has 2 N–H and O–H groups in total. The van der Waals surface area contributed by atoms with Crippen LogP contribution in [0.4, 0.5) is 17.6 Å². The van der Waals surface area contributed by atoms with Crippen LogP contribution < -0.4 is 5.73 Å². The normalized spacial score (nSPS) is 18.0. The van der Waals surface area contributed by atoms with Crippen molar-refractivity contribution in [2.45, 2.75) is 64.3 Å². The van der Waals surface area contributed by atoms with Crippen molar-refractivity contribution >= 4 is 5.91 Å².